The number of aryl methyl sites for hydroxylation is 1. The van der Waals surface area contributed by atoms with E-state index >= 15 is 0 Å². The second kappa shape index (κ2) is 6.90. The summed E-state index contributed by atoms with van der Waals surface area (Å²) in [4.78, 5) is 0.0490. The van der Waals surface area contributed by atoms with Gasteiger partial charge in [-0.2, -0.15) is 8.42 Å². The summed E-state index contributed by atoms with van der Waals surface area (Å²) in [5.41, 5.74) is 0.942. The van der Waals surface area contributed by atoms with Gasteiger partial charge in [-0.3, -0.25) is 4.18 Å². The van der Waals surface area contributed by atoms with Crippen LogP contribution in [-0.4, -0.2) is 15.0 Å². The predicted molar refractivity (Wildman–Crippen MR) is 73.0 cm³/mol. The van der Waals surface area contributed by atoms with Crippen molar-refractivity contribution in [1.29, 1.82) is 0 Å². The summed E-state index contributed by atoms with van der Waals surface area (Å²) < 4.78 is 51.4. The Labute approximate surface area is 115 Å². The van der Waals surface area contributed by atoms with Gasteiger partial charge in [-0.15, -0.1) is 0 Å². The molecule has 102 valence electrons. The van der Waals surface area contributed by atoms with E-state index in [0.29, 0.717) is 6.42 Å². The van der Waals surface area contributed by atoms with Crippen molar-refractivity contribution in [2.24, 2.45) is 5.92 Å². The molecule has 0 aliphatic heterocycles. The molecule has 0 aliphatic rings. The summed E-state index contributed by atoms with van der Waals surface area (Å²) in [7, 11) is -3.91. The molecule has 0 aromatic heterocycles. The van der Waals surface area contributed by atoms with Crippen LogP contribution in [0.15, 0.2) is 29.2 Å². The van der Waals surface area contributed by atoms with Crippen molar-refractivity contribution in [3.63, 3.8) is 0 Å². The highest BCUT2D eigenvalue weighted by molar-refractivity contribution is 7.86. The topological polar surface area (TPSA) is 43.4 Å². The lowest BCUT2D eigenvalue weighted by molar-refractivity contribution is 0.254. The van der Waals surface area contributed by atoms with E-state index in [2.05, 4.69) is 0 Å². The maximum Gasteiger partial charge on any atom is 0.296 e. The van der Waals surface area contributed by atoms with E-state index in [1.54, 1.807) is 12.1 Å². The van der Waals surface area contributed by atoms with Crippen LogP contribution in [0.1, 0.15) is 42.7 Å². The van der Waals surface area contributed by atoms with Crippen LogP contribution in [0.2, 0.25) is 0 Å². The van der Waals surface area contributed by atoms with E-state index in [4.69, 9.17) is 8.30 Å². The van der Waals surface area contributed by atoms with Crippen LogP contribution in [0.4, 0.5) is 0 Å². The zero-order chi connectivity index (χ0) is 16.1. The molecule has 0 saturated heterocycles. The summed E-state index contributed by atoms with van der Waals surface area (Å²) in [5, 5.41) is 0. The molecule has 0 bridgehead atoms. The summed E-state index contributed by atoms with van der Waals surface area (Å²) in [6, 6.07) is 6.27. The molecule has 0 saturated carbocycles. The average molecular weight is 273 g/mol. The van der Waals surface area contributed by atoms with E-state index < -0.39 is 22.9 Å². The maximum absolute atomic E-state index is 12.0. The molecule has 1 atom stereocenters. The Kier molecular flexibility index (Phi) is 4.22. The normalized spacial score (nSPS) is 16.7. The lowest BCUT2D eigenvalue weighted by Gasteiger charge is -2.11. The number of hydrogen-bond donors (Lipinski definition) is 0. The van der Waals surface area contributed by atoms with Gasteiger partial charge in [0.05, 0.1) is 11.5 Å². The van der Waals surface area contributed by atoms with Crippen molar-refractivity contribution in [2.45, 2.75) is 44.9 Å². The first-order chi connectivity index (χ1) is 9.66. The molecule has 3 nitrogen and oxygen atoms in total. The standard InChI is InChI=1S/C14H22O3S/c1-4-5-6-13(3)11-17-18(15,16)14-9-7-12(2)8-10-14/h7-10,13H,4-6,11H2,1-3H3/t13-/m1/s1/i3D3. The lowest BCUT2D eigenvalue weighted by Crippen LogP contribution is -2.12. The predicted octanol–water partition coefficient (Wildman–Crippen LogP) is 3.53. The van der Waals surface area contributed by atoms with Crippen LogP contribution in [0.5, 0.6) is 0 Å². The van der Waals surface area contributed by atoms with E-state index in [0.717, 1.165) is 18.4 Å². The van der Waals surface area contributed by atoms with Gasteiger partial charge < -0.3 is 0 Å². The summed E-state index contributed by atoms with van der Waals surface area (Å²) in [5.74, 6) is -0.766. The molecule has 1 rings (SSSR count). The first-order valence-electron chi connectivity index (χ1n) is 7.63. The van der Waals surface area contributed by atoms with Gasteiger partial charge in [0.25, 0.3) is 10.1 Å². The SMILES string of the molecule is [2H]C([2H])([2H])[C@H](CCCC)COS(=O)(=O)c1ccc(C)cc1. The average Bonchev–Trinajstić information content (AvgIpc) is 2.37. The molecule has 18 heavy (non-hydrogen) atoms. The van der Waals surface area contributed by atoms with Gasteiger partial charge in [-0.1, -0.05) is 44.3 Å². The molecule has 4 heteroatoms. The second-order valence-electron chi connectivity index (χ2n) is 4.39. The van der Waals surface area contributed by atoms with Crippen molar-refractivity contribution >= 4 is 10.1 Å². The maximum atomic E-state index is 12.0. The van der Waals surface area contributed by atoms with Gasteiger partial charge in [0.15, 0.2) is 0 Å². The molecule has 0 amide bonds. The Hall–Kier alpha value is -0.870. The zero-order valence-corrected chi connectivity index (χ0v) is 11.7. The van der Waals surface area contributed by atoms with Crippen LogP contribution in [-0.2, 0) is 14.3 Å². The third-order valence-corrected chi connectivity index (χ3v) is 3.94. The highest BCUT2D eigenvalue weighted by atomic mass is 32.2. The van der Waals surface area contributed by atoms with Crippen LogP contribution >= 0.6 is 0 Å². The van der Waals surface area contributed by atoms with Crippen LogP contribution < -0.4 is 0 Å². The molecule has 0 spiro atoms. The minimum atomic E-state index is -3.91. The summed E-state index contributed by atoms with van der Waals surface area (Å²) in [6.07, 6.45) is 2.02. The summed E-state index contributed by atoms with van der Waals surface area (Å²) in [6.45, 7) is 1.29. The Bertz CT molecular complexity index is 536. The first kappa shape index (κ1) is 11.0. The quantitative estimate of drug-likeness (QED) is 0.714. The molecule has 0 heterocycles. The Morgan fingerprint density at radius 3 is 2.56 bits per heavy atom. The highest BCUT2D eigenvalue weighted by Gasteiger charge is 2.16. The molecule has 0 radical (unpaired) electrons. The largest absolute Gasteiger partial charge is 0.296 e. The van der Waals surface area contributed by atoms with Gasteiger partial charge >= 0.3 is 0 Å². The van der Waals surface area contributed by atoms with Gasteiger partial charge in [0.1, 0.15) is 0 Å². The minimum absolute atomic E-state index is 0.0490. The highest BCUT2D eigenvalue weighted by Crippen LogP contribution is 2.16. The van der Waals surface area contributed by atoms with Crippen molar-refractivity contribution in [3.8, 4) is 0 Å². The fourth-order valence-corrected chi connectivity index (χ4v) is 2.43. The Balaban J connectivity index is 2.76. The molecular weight excluding hydrogens is 248 g/mol. The third-order valence-electron chi connectivity index (χ3n) is 2.64. The van der Waals surface area contributed by atoms with Gasteiger partial charge in [-0.05, 0) is 31.4 Å². The number of rotatable bonds is 7. The van der Waals surface area contributed by atoms with Crippen LogP contribution in [0.3, 0.4) is 0 Å². The van der Waals surface area contributed by atoms with Crippen LogP contribution in [0.25, 0.3) is 0 Å². The zero-order valence-electron chi connectivity index (χ0n) is 13.8. The minimum Gasteiger partial charge on any atom is -0.266 e. The fourth-order valence-electron chi connectivity index (χ4n) is 1.48. The van der Waals surface area contributed by atoms with Crippen LogP contribution in [0, 0.1) is 12.8 Å². The van der Waals surface area contributed by atoms with E-state index in [9.17, 15) is 8.42 Å². The van der Waals surface area contributed by atoms with E-state index in [1.807, 2.05) is 13.8 Å². The summed E-state index contributed by atoms with van der Waals surface area (Å²) >= 11 is 0. The third kappa shape index (κ3) is 4.78. The van der Waals surface area contributed by atoms with Gasteiger partial charge in [-0.25, -0.2) is 0 Å². The van der Waals surface area contributed by atoms with E-state index in [1.165, 1.54) is 12.1 Å². The smallest absolute Gasteiger partial charge is 0.266 e. The van der Waals surface area contributed by atoms with Crippen molar-refractivity contribution in [2.75, 3.05) is 6.61 Å². The van der Waals surface area contributed by atoms with Crippen molar-refractivity contribution < 1.29 is 16.7 Å². The second-order valence-corrected chi connectivity index (χ2v) is 6.01. The number of unbranched alkanes of at least 4 members (excludes halogenated alkanes) is 1. The molecule has 0 N–H and O–H groups in total. The molecule has 0 unspecified atom stereocenters. The first-order valence-corrected chi connectivity index (χ1v) is 7.53. The number of benzene rings is 1. The molecule has 0 fully saturated rings. The molecule has 0 aliphatic carbocycles. The van der Waals surface area contributed by atoms with Gasteiger partial charge in [0, 0.05) is 4.11 Å². The Morgan fingerprint density at radius 2 is 2.00 bits per heavy atom. The Morgan fingerprint density at radius 1 is 1.33 bits per heavy atom. The molecule has 1 aromatic rings. The van der Waals surface area contributed by atoms with Crippen molar-refractivity contribution in [1.82, 2.24) is 0 Å². The monoisotopic (exact) mass is 273 g/mol. The number of hydrogen-bond acceptors (Lipinski definition) is 3. The van der Waals surface area contributed by atoms with Crippen molar-refractivity contribution in [3.05, 3.63) is 29.8 Å². The van der Waals surface area contributed by atoms with E-state index in [-0.39, 0.29) is 11.5 Å². The molecule has 1 aromatic carbocycles. The lowest BCUT2D eigenvalue weighted by atomic mass is 10.1. The molecular formula is C14H22O3S. The van der Waals surface area contributed by atoms with Gasteiger partial charge in [0.2, 0.25) is 0 Å². The fraction of sp³-hybridized carbons (Fsp3) is 0.571.